The van der Waals surface area contributed by atoms with Crippen molar-refractivity contribution in [2.75, 3.05) is 7.11 Å². The highest BCUT2D eigenvalue weighted by atomic mass is 79.9. The molecule has 5 nitrogen and oxygen atoms in total. The highest BCUT2D eigenvalue weighted by Crippen LogP contribution is 2.38. The summed E-state index contributed by atoms with van der Waals surface area (Å²) in [6.45, 7) is 3.79. The Kier molecular flexibility index (Phi) is 6.98. The van der Waals surface area contributed by atoms with Gasteiger partial charge in [0.2, 0.25) is 0 Å². The van der Waals surface area contributed by atoms with Gasteiger partial charge in [0.15, 0.2) is 17.6 Å². The van der Waals surface area contributed by atoms with Crippen LogP contribution in [0.4, 0.5) is 0 Å². The van der Waals surface area contributed by atoms with E-state index in [-0.39, 0.29) is 6.04 Å². The summed E-state index contributed by atoms with van der Waals surface area (Å²) in [4.78, 5) is 11.1. The molecule has 0 heterocycles. The smallest absolute Gasteiger partial charge is 0.344 e. The maximum atomic E-state index is 11.1. The predicted molar refractivity (Wildman–Crippen MR) is 85.0 cm³/mol. The molecular formula is C15H22BrNO4. The highest BCUT2D eigenvalue weighted by Gasteiger charge is 2.21. The van der Waals surface area contributed by atoms with Crippen molar-refractivity contribution >= 4 is 21.9 Å². The molecule has 0 spiro atoms. The first-order valence-electron chi connectivity index (χ1n) is 6.94. The molecule has 0 bridgehead atoms. The van der Waals surface area contributed by atoms with Crippen LogP contribution in [-0.4, -0.2) is 30.3 Å². The van der Waals surface area contributed by atoms with Crippen LogP contribution in [0, 0.1) is 0 Å². The molecule has 0 aromatic heterocycles. The second kappa shape index (κ2) is 8.24. The average molecular weight is 360 g/mol. The number of benzene rings is 1. The van der Waals surface area contributed by atoms with Crippen molar-refractivity contribution in [1.29, 1.82) is 0 Å². The largest absolute Gasteiger partial charge is 0.493 e. The number of carboxylic acid groups (broad SMARTS) is 1. The molecule has 1 aromatic carbocycles. The van der Waals surface area contributed by atoms with E-state index in [4.69, 9.17) is 20.3 Å². The maximum absolute atomic E-state index is 11.1. The predicted octanol–water partition coefficient (Wildman–Crippen LogP) is 2.98. The molecule has 2 unspecified atom stereocenters. The second-order valence-electron chi connectivity index (χ2n) is 4.83. The summed E-state index contributed by atoms with van der Waals surface area (Å²) in [7, 11) is 1.53. The molecule has 2 atom stereocenters. The highest BCUT2D eigenvalue weighted by molar-refractivity contribution is 9.10. The van der Waals surface area contributed by atoms with Crippen molar-refractivity contribution < 1.29 is 19.4 Å². The minimum atomic E-state index is -0.997. The number of carboxylic acids is 1. The quantitative estimate of drug-likeness (QED) is 0.745. The Morgan fingerprint density at radius 2 is 2.05 bits per heavy atom. The number of ether oxygens (including phenoxy) is 2. The van der Waals surface area contributed by atoms with Gasteiger partial charge in [-0.1, -0.05) is 13.8 Å². The van der Waals surface area contributed by atoms with Gasteiger partial charge in [0.1, 0.15) is 0 Å². The van der Waals surface area contributed by atoms with E-state index >= 15 is 0 Å². The molecule has 6 heteroatoms. The summed E-state index contributed by atoms with van der Waals surface area (Å²) >= 11 is 3.42. The lowest BCUT2D eigenvalue weighted by Crippen LogP contribution is -2.26. The maximum Gasteiger partial charge on any atom is 0.344 e. The molecule has 0 saturated heterocycles. The SMILES string of the molecule is CCC(N)Cc1cc(Br)c(OC(CC)C(=O)O)c(OC)c1. The van der Waals surface area contributed by atoms with Crippen molar-refractivity contribution in [2.24, 2.45) is 5.73 Å². The van der Waals surface area contributed by atoms with E-state index in [1.54, 1.807) is 6.92 Å². The van der Waals surface area contributed by atoms with Crippen molar-refractivity contribution in [1.82, 2.24) is 0 Å². The summed E-state index contributed by atoms with van der Waals surface area (Å²) in [5, 5.41) is 9.10. The van der Waals surface area contributed by atoms with Crippen LogP contribution in [0.15, 0.2) is 16.6 Å². The summed E-state index contributed by atoms with van der Waals surface area (Å²) < 4.78 is 11.5. The van der Waals surface area contributed by atoms with Gasteiger partial charge in [-0.25, -0.2) is 4.79 Å². The van der Waals surface area contributed by atoms with Crippen LogP contribution >= 0.6 is 15.9 Å². The summed E-state index contributed by atoms with van der Waals surface area (Å²) in [6.07, 6.45) is 1.07. The third-order valence-corrected chi connectivity index (χ3v) is 3.81. The van der Waals surface area contributed by atoms with Gasteiger partial charge in [-0.15, -0.1) is 0 Å². The molecule has 1 rings (SSSR count). The summed E-state index contributed by atoms with van der Waals surface area (Å²) in [5.74, 6) is -0.0912. The molecule has 0 amide bonds. The normalized spacial score (nSPS) is 13.6. The standard InChI is InChI=1S/C15H22BrNO4/c1-4-10(17)6-9-7-11(16)14(13(8-9)20-3)21-12(5-2)15(18)19/h7-8,10,12H,4-6,17H2,1-3H3,(H,18,19). The fourth-order valence-corrected chi connectivity index (χ4v) is 2.49. The first-order chi connectivity index (χ1) is 9.92. The van der Waals surface area contributed by atoms with E-state index in [1.165, 1.54) is 7.11 Å². The fraction of sp³-hybridized carbons (Fsp3) is 0.533. The van der Waals surface area contributed by atoms with Crippen LogP contribution in [0.25, 0.3) is 0 Å². The molecule has 21 heavy (non-hydrogen) atoms. The second-order valence-corrected chi connectivity index (χ2v) is 5.69. The Balaban J connectivity index is 3.07. The monoisotopic (exact) mass is 359 g/mol. The van der Waals surface area contributed by atoms with Gasteiger partial charge in [0.05, 0.1) is 11.6 Å². The van der Waals surface area contributed by atoms with Crippen LogP contribution in [0.1, 0.15) is 32.3 Å². The number of halogens is 1. The van der Waals surface area contributed by atoms with Crippen molar-refractivity contribution in [3.63, 3.8) is 0 Å². The van der Waals surface area contributed by atoms with E-state index in [1.807, 2.05) is 19.1 Å². The van der Waals surface area contributed by atoms with Gasteiger partial charge in [-0.05, 0) is 52.9 Å². The molecule has 0 saturated carbocycles. The molecule has 118 valence electrons. The van der Waals surface area contributed by atoms with Gasteiger partial charge >= 0.3 is 5.97 Å². The van der Waals surface area contributed by atoms with Crippen LogP contribution in [-0.2, 0) is 11.2 Å². The van der Waals surface area contributed by atoms with Gasteiger partial charge in [-0.2, -0.15) is 0 Å². The number of hydrogen-bond donors (Lipinski definition) is 2. The van der Waals surface area contributed by atoms with Crippen LogP contribution in [0.3, 0.4) is 0 Å². The van der Waals surface area contributed by atoms with E-state index in [9.17, 15) is 4.79 Å². The Labute approximate surface area is 133 Å². The minimum absolute atomic E-state index is 0.0794. The minimum Gasteiger partial charge on any atom is -0.493 e. The number of hydrogen-bond acceptors (Lipinski definition) is 4. The Morgan fingerprint density at radius 3 is 2.52 bits per heavy atom. The lowest BCUT2D eigenvalue weighted by molar-refractivity contribution is -0.145. The number of nitrogens with two attached hydrogens (primary N) is 1. The third kappa shape index (κ3) is 4.89. The number of aliphatic carboxylic acids is 1. The zero-order valence-electron chi connectivity index (χ0n) is 12.6. The van der Waals surface area contributed by atoms with Crippen molar-refractivity contribution in [3.05, 3.63) is 22.2 Å². The first kappa shape index (κ1) is 17.8. The van der Waals surface area contributed by atoms with Crippen LogP contribution in [0.5, 0.6) is 11.5 Å². The average Bonchev–Trinajstić information content (AvgIpc) is 2.45. The van der Waals surface area contributed by atoms with Crippen molar-refractivity contribution in [2.45, 2.75) is 45.3 Å². The molecule has 0 aliphatic rings. The summed E-state index contributed by atoms with van der Waals surface area (Å²) in [5.41, 5.74) is 6.98. The molecule has 1 aromatic rings. The molecule has 0 fully saturated rings. The Morgan fingerprint density at radius 1 is 1.38 bits per heavy atom. The molecule has 0 aliphatic heterocycles. The van der Waals surface area contributed by atoms with E-state index in [0.717, 1.165) is 18.4 Å². The van der Waals surface area contributed by atoms with Crippen LogP contribution in [0.2, 0.25) is 0 Å². The lowest BCUT2D eigenvalue weighted by Gasteiger charge is -2.19. The van der Waals surface area contributed by atoms with Gasteiger partial charge in [0, 0.05) is 6.04 Å². The molecule has 0 radical (unpaired) electrons. The van der Waals surface area contributed by atoms with E-state index in [0.29, 0.717) is 22.4 Å². The number of methoxy groups -OCH3 is 1. The van der Waals surface area contributed by atoms with E-state index in [2.05, 4.69) is 15.9 Å². The third-order valence-electron chi connectivity index (χ3n) is 3.22. The van der Waals surface area contributed by atoms with Gasteiger partial charge in [0.25, 0.3) is 0 Å². The number of carbonyl (C=O) groups is 1. The van der Waals surface area contributed by atoms with E-state index < -0.39 is 12.1 Å². The van der Waals surface area contributed by atoms with Crippen molar-refractivity contribution in [3.8, 4) is 11.5 Å². The lowest BCUT2D eigenvalue weighted by atomic mass is 10.0. The molecule has 0 aliphatic carbocycles. The Bertz CT molecular complexity index is 493. The zero-order valence-corrected chi connectivity index (χ0v) is 14.1. The van der Waals surface area contributed by atoms with Gasteiger partial charge < -0.3 is 20.3 Å². The fourth-order valence-electron chi connectivity index (χ4n) is 1.90. The zero-order chi connectivity index (χ0) is 16.0. The Hall–Kier alpha value is -1.27. The van der Waals surface area contributed by atoms with Crippen LogP contribution < -0.4 is 15.2 Å². The summed E-state index contributed by atoms with van der Waals surface area (Å²) in [6, 6.07) is 3.81. The molecule has 3 N–H and O–H groups in total. The number of rotatable bonds is 8. The first-order valence-corrected chi connectivity index (χ1v) is 7.73. The topological polar surface area (TPSA) is 81.8 Å². The molecular weight excluding hydrogens is 338 g/mol. The van der Waals surface area contributed by atoms with Gasteiger partial charge in [-0.3, -0.25) is 0 Å².